The number of hydrogen-bond acceptors (Lipinski definition) is 4. The topological polar surface area (TPSA) is 69.8 Å². The third kappa shape index (κ3) is 3.04. The minimum Gasteiger partial charge on any atom is -0.508 e. The predicted octanol–water partition coefficient (Wildman–Crippen LogP) is 1.42. The zero-order valence-corrected chi connectivity index (χ0v) is 12.9. The summed E-state index contributed by atoms with van der Waals surface area (Å²) < 4.78 is 0. The number of anilines is 1. The first kappa shape index (κ1) is 15.2. The van der Waals surface area contributed by atoms with Crippen molar-refractivity contribution in [2.24, 2.45) is 17.6 Å². The quantitative estimate of drug-likeness (QED) is 0.886. The van der Waals surface area contributed by atoms with Crippen LogP contribution >= 0.6 is 0 Å². The Kier molecular flexibility index (Phi) is 4.52. The van der Waals surface area contributed by atoms with Crippen molar-refractivity contribution < 1.29 is 9.90 Å². The van der Waals surface area contributed by atoms with Gasteiger partial charge >= 0.3 is 0 Å². The van der Waals surface area contributed by atoms with Crippen molar-refractivity contribution in [1.29, 1.82) is 0 Å². The van der Waals surface area contributed by atoms with E-state index >= 15 is 0 Å². The van der Waals surface area contributed by atoms with E-state index in [4.69, 9.17) is 5.73 Å². The molecule has 2 fully saturated rings. The molecule has 3 N–H and O–H groups in total. The monoisotopic (exact) mass is 303 g/mol. The van der Waals surface area contributed by atoms with Crippen LogP contribution in [0.4, 0.5) is 5.69 Å². The first-order valence-electron chi connectivity index (χ1n) is 8.22. The zero-order chi connectivity index (χ0) is 15.5. The molecule has 0 radical (unpaired) electrons. The number of phenolic OH excluding ortho intramolecular Hbond substituents is 1. The van der Waals surface area contributed by atoms with E-state index in [-0.39, 0.29) is 11.7 Å². The Hall–Kier alpha value is -1.75. The maximum Gasteiger partial charge on any atom is 0.226 e. The lowest BCUT2D eigenvalue weighted by Crippen LogP contribution is -2.51. The number of carbonyl (C=O) groups is 1. The molecule has 1 amide bonds. The Morgan fingerprint density at radius 3 is 2.45 bits per heavy atom. The highest BCUT2D eigenvalue weighted by Crippen LogP contribution is 2.32. The fraction of sp³-hybridized carbons (Fsp3) is 0.588. The van der Waals surface area contributed by atoms with Gasteiger partial charge in [0.25, 0.3) is 0 Å². The lowest BCUT2D eigenvalue weighted by atomic mass is 9.94. The number of benzene rings is 1. The van der Waals surface area contributed by atoms with Crippen LogP contribution in [0.1, 0.15) is 19.3 Å². The molecular formula is C17H25N3O2. The van der Waals surface area contributed by atoms with Crippen LogP contribution in [-0.2, 0) is 4.79 Å². The predicted molar refractivity (Wildman–Crippen MR) is 86.8 cm³/mol. The molecule has 1 aliphatic carbocycles. The van der Waals surface area contributed by atoms with Crippen molar-refractivity contribution in [1.82, 2.24) is 4.90 Å². The highest BCUT2D eigenvalue weighted by atomic mass is 16.3. The summed E-state index contributed by atoms with van der Waals surface area (Å²) in [7, 11) is 0. The number of piperazine rings is 1. The maximum absolute atomic E-state index is 12.7. The Morgan fingerprint density at radius 2 is 1.82 bits per heavy atom. The molecule has 5 nitrogen and oxygen atoms in total. The molecule has 0 unspecified atom stereocenters. The summed E-state index contributed by atoms with van der Waals surface area (Å²) in [6, 6.07) is 7.26. The maximum atomic E-state index is 12.7. The molecule has 5 heteroatoms. The summed E-state index contributed by atoms with van der Waals surface area (Å²) in [4.78, 5) is 16.9. The fourth-order valence-electron chi connectivity index (χ4n) is 3.73. The molecule has 1 aliphatic heterocycles. The molecule has 1 aromatic carbocycles. The second-order valence-electron chi connectivity index (χ2n) is 6.36. The Labute approximate surface area is 131 Å². The van der Waals surface area contributed by atoms with Gasteiger partial charge in [0.15, 0.2) is 0 Å². The number of aromatic hydroxyl groups is 1. The van der Waals surface area contributed by atoms with E-state index < -0.39 is 0 Å². The van der Waals surface area contributed by atoms with Crippen LogP contribution in [0.15, 0.2) is 24.3 Å². The first-order chi connectivity index (χ1) is 10.7. The molecule has 0 spiro atoms. The Morgan fingerprint density at radius 1 is 1.14 bits per heavy atom. The Bertz CT molecular complexity index is 509. The van der Waals surface area contributed by atoms with E-state index in [0.29, 0.717) is 18.4 Å². The van der Waals surface area contributed by atoms with Crippen LogP contribution in [0.5, 0.6) is 5.75 Å². The lowest BCUT2D eigenvalue weighted by molar-refractivity contribution is -0.136. The largest absolute Gasteiger partial charge is 0.508 e. The normalized spacial score (nSPS) is 25.5. The van der Waals surface area contributed by atoms with E-state index in [0.717, 1.165) is 51.1 Å². The van der Waals surface area contributed by atoms with Gasteiger partial charge in [-0.05, 0) is 49.6 Å². The molecule has 1 heterocycles. The number of nitrogens with zero attached hydrogens (tertiary/aromatic N) is 2. The fourth-order valence-corrected chi connectivity index (χ4v) is 3.73. The van der Waals surface area contributed by atoms with Crippen molar-refractivity contribution in [3.8, 4) is 5.75 Å². The molecule has 2 atom stereocenters. The van der Waals surface area contributed by atoms with E-state index in [1.807, 2.05) is 17.0 Å². The summed E-state index contributed by atoms with van der Waals surface area (Å²) >= 11 is 0. The van der Waals surface area contributed by atoms with Crippen LogP contribution in [0, 0.1) is 11.8 Å². The van der Waals surface area contributed by atoms with Crippen LogP contribution in [0.3, 0.4) is 0 Å². The SMILES string of the molecule is NC[C@H]1CCC[C@H]1C(=O)N1CCN(c2ccc(O)cc2)CC1. The smallest absolute Gasteiger partial charge is 0.226 e. The second kappa shape index (κ2) is 6.57. The van der Waals surface area contributed by atoms with Gasteiger partial charge in [0.2, 0.25) is 5.91 Å². The van der Waals surface area contributed by atoms with Crippen molar-refractivity contribution >= 4 is 11.6 Å². The molecule has 22 heavy (non-hydrogen) atoms. The highest BCUT2D eigenvalue weighted by Gasteiger charge is 2.35. The van der Waals surface area contributed by atoms with Gasteiger partial charge in [-0.1, -0.05) is 6.42 Å². The number of carbonyl (C=O) groups excluding carboxylic acids is 1. The van der Waals surface area contributed by atoms with Gasteiger partial charge in [0.1, 0.15) is 5.75 Å². The molecule has 1 saturated carbocycles. The summed E-state index contributed by atoms with van der Waals surface area (Å²) in [5.41, 5.74) is 6.90. The molecule has 2 aliphatic rings. The van der Waals surface area contributed by atoms with Crippen molar-refractivity contribution in [2.75, 3.05) is 37.6 Å². The van der Waals surface area contributed by atoms with E-state index in [1.165, 1.54) is 0 Å². The van der Waals surface area contributed by atoms with Crippen LogP contribution in [0.25, 0.3) is 0 Å². The van der Waals surface area contributed by atoms with E-state index in [2.05, 4.69) is 4.90 Å². The summed E-state index contributed by atoms with van der Waals surface area (Å²) in [5, 5.41) is 9.36. The van der Waals surface area contributed by atoms with Crippen LogP contribution in [0.2, 0.25) is 0 Å². The third-order valence-corrected chi connectivity index (χ3v) is 5.09. The van der Waals surface area contributed by atoms with Crippen molar-refractivity contribution in [3.05, 3.63) is 24.3 Å². The number of nitrogens with two attached hydrogens (primary N) is 1. The van der Waals surface area contributed by atoms with Gasteiger partial charge in [0, 0.05) is 37.8 Å². The van der Waals surface area contributed by atoms with Gasteiger partial charge in [-0.25, -0.2) is 0 Å². The van der Waals surface area contributed by atoms with Crippen molar-refractivity contribution in [3.63, 3.8) is 0 Å². The minimum atomic E-state index is 0.144. The molecular weight excluding hydrogens is 278 g/mol. The number of amides is 1. The molecule has 1 aromatic rings. The van der Waals surface area contributed by atoms with Gasteiger partial charge in [-0.2, -0.15) is 0 Å². The molecule has 3 rings (SSSR count). The number of rotatable bonds is 3. The van der Waals surface area contributed by atoms with Gasteiger partial charge in [-0.3, -0.25) is 4.79 Å². The average Bonchev–Trinajstić information content (AvgIpc) is 3.04. The summed E-state index contributed by atoms with van der Waals surface area (Å²) in [6.45, 7) is 3.86. The van der Waals surface area contributed by atoms with Crippen LogP contribution < -0.4 is 10.6 Å². The lowest BCUT2D eigenvalue weighted by Gasteiger charge is -2.37. The van der Waals surface area contributed by atoms with Gasteiger partial charge in [-0.15, -0.1) is 0 Å². The number of hydrogen-bond donors (Lipinski definition) is 2. The summed E-state index contributed by atoms with van der Waals surface area (Å²) in [5.74, 6) is 1.11. The van der Waals surface area contributed by atoms with Gasteiger partial charge < -0.3 is 20.6 Å². The Balaban J connectivity index is 1.57. The van der Waals surface area contributed by atoms with E-state index in [1.54, 1.807) is 12.1 Å². The van der Waals surface area contributed by atoms with Crippen LogP contribution in [-0.4, -0.2) is 48.6 Å². The minimum absolute atomic E-state index is 0.144. The number of phenols is 1. The van der Waals surface area contributed by atoms with Gasteiger partial charge in [0.05, 0.1) is 0 Å². The zero-order valence-electron chi connectivity index (χ0n) is 12.9. The highest BCUT2D eigenvalue weighted by molar-refractivity contribution is 5.79. The first-order valence-corrected chi connectivity index (χ1v) is 8.22. The summed E-state index contributed by atoms with van der Waals surface area (Å²) in [6.07, 6.45) is 3.23. The van der Waals surface area contributed by atoms with E-state index in [9.17, 15) is 9.90 Å². The second-order valence-corrected chi connectivity index (χ2v) is 6.36. The molecule has 0 bridgehead atoms. The standard InChI is InChI=1S/C17H25N3O2/c18-12-13-2-1-3-16(13)17(22)20-10-8-19(9-11-20)14-4-6-15(21)7-5-14/h4-7,13,16,21H,1-3,8-12,18H2/t13-,16-/m1/s1. The molecule has 1 saturated heterocycles. The average molecular weight is 303 g/mol. The molecule has 0 aromatic heterocycles. The molecule has 120 valence electrons. The third-order valence-electron chi connectivity index (χ3n) is 5.09. The van der Waals surface area contributed by atoms with Crippen molar-refractivity contribution in [2.45, 2.75) is 19.3 Å².